The third-order valence-corrected chi connectivity index (χ3v) is 8.47. The van der Waals surface area contributed by atoms with Crippen molar-refractivity contribution in [2.45, 2.75) is 37.9 Å². The molecule has 0 amide bonds. The average Bonchev–Trinajstić information content (AvgIpc) is 3.31. The van der Waals surface area contributed by atoms with E-state index in [1.807, 2.05) is 4.98 Å². The van der Waals surface area contributed by atoms with E-state index in [4.69, 9.17) is 28.2 Å². The number of H-pyrrole nitrogens is 1. The Morgan fingerprint density at radius 1 is 0.848 bits per heavy atom. The van der Waals surface area contributed by atoms with Crippen LogP contribution in [0.4, 0.5) is 9.59 Å². The van der Waals surface area contributed by atoms with Gasteiger partial charge in [-0.05, 0) is 30.7 Å². The van der Waals surface area contributed by atoms with Crippen molar-refractivity contribution in [2.24, 2.45) is 0 Å². The summed E-state index contributed by atoms with van der Waals surface area (Å²) in [4.78, 5) is 71.9. The number of hydrogen-bond acceptors (Lipinski definition) is 14. The number of carbonyl (C=O) groups excluding carboxylic acids is 2. The van der Waals surface area contributed by atoms with Gasteiger partial charge in [0, 0.05) is 12.3 Å². The SMILES string of the molecule is CCCOP(=O)(O)OP(=O)(O)OC[C@H]1O[C@@H](n2ccc(=O)[nH]c2=O)[C@@H](OC(=O)Oc2ccccc2)C1OC(=O)Oc1ccccc1. The first-order chi connectivity index (χ1) is 21.9. The van der Waals surface area contributed by atoms with Gasteiger partial charge in [0.1, 0.15) is 17.6 Å². The number of benzene rings is 2. The van der Waals surface area contributed by atoms with Crippen molar-refractivity contribution in [3.8, 4) is 11.5 Å². The number of hydrogen-bond donors (Lipinski definition) is 3. The number of para-hydroxylation sites is 2. The molecule has 2 heterocycles. The number of ether oxygens (including phenoxy) is 5. The van der Waals surface area contributed by atoms with E-state index in [2.05, 4.69) is 8.83 Å². The number of phosphoric acid groups is 2. The summed E-state index contributed by atoms with van der Waals surface area (Å²) >= 11 is 0. The fourth-order valence-electron chi connectivity index (χ4n) is 3.95. The zero-order valence-electron chi connectivity index (χ0n) is 23.8. The van der Waals surface area contributed by atoms with Crippen LogP contribution in [0.2, 0.25) is 0 Å². The average molecular weight is 686 g/mol. The van der Waals surface area contributed by atoms with E-state index in [1.54, 1.807) is 43.3 Å². The number of rotatable bonds is 13. The van der Waals surface area contributed by atoms with Gasteiger partial charge in [-0.25, -0.2) is 23.5 Å². The van der Waals surface area contributed by atoms with Gasteiger partial charge in [0.2, 0.25) is 0 Å². The van der Waals surface area contributed by atoms with E-state index in [-0.39, 0.29) is 24.5 Å². The Balaban J connectivity index is 1.64. The van der Waals surface area contributed by atoms with Crippen LogP contribution < -0.4 is 20.7 Å². The van der Waals surface area contributed by atoms with Gasteiger partial charge in [-0.15, -0.1) is 0 Å². The molecule has 1 aliphatic rings. The first-order valence-electron chi connectivity index (χ1n) is 13.4. The van der Waals surface area contributed by atoms with Gasteiger partial charge in [-0.2, -0.15) is 4.31 Å². The minimum atomic E-state index is -5.36. The second-order valence-electron chi connectivity index (χ2n) is 9.23. The molecule has 1 aromatic heterocycles. The van der Waals surface area contributed by atoms with Crippen molar-refractivity contribution in [3.63, 3.8) is 0 Å². The Bertz CT molecular complexity index is 1700. The second-order valence-corrected chi connectivity index (χ2v) is 12.3. The number of aromatic nitrogens is 2. The lowest BCUT2D eigenvalue weighted by Gasteiger charge is -2.24. The lowest BCUT2D eigenvalue weighted by Crippen LogP contribution is -2.43. The van der Waals surface area contributed by atoms with Crippen LogP contribution in [0.3, 0.4) is 0 Å². The molecule has 0 saturated carbocycles. The van der Waals surface area contributed by atoms with E-state index in [1.165, 1.54) is 24.3 Å². The maximum Gasteiger partial charge on any atom is 0.514 e. The quantitative estimate of drug-likeness (QED) is 0.133. The number of carbonyl (C=O) groups is 2. The molecule has 2 aromatic carbocycles. The molecular weight excluding hydrogens is 658 g/mol. The Hall–Kier alpha value is -4.12. The molecule has 0 radical (unpaired) electrons. The highest BCUT2D eigenvalue weighted by Crippen LogP contribution is 2.60. The lowest BCUT2D eigenvalue weighted by molar-refractivity contribution is -0.0605. The summed E-state index contributed by atoms with van der Waals surface area (Å²) in [5.41, 5.74) is -1.82. The molecule has 3 aromatic rings. The maximum absolute atomic E-state index is 12.8. The van der Waals surface area contributed by atoms with Crippen molar-refractivity contribution in [3.05, 3.63) is 93.8 Å². The topological polar surface area (TPSA) is 237 Å². The predicted molar refractivity (Wildman–Crippen MR) is 153 cm³/mol. The Labute approximate surface area is 259 Å². The molecule has 46 heavy (non-hydrogen) atoms. The molecule has 248 valence electrons. The van der Waals surface area contributed by atoms with Gasteiger partial charge < -0.3 is 33.5 Å². The van der Waals surface area contributed by atoms with Gasteiger partial charge in [0.25, 0.3) is 5.56 Å². The number of nitrogens with one attached hydrogen (secondary N) is 1. The van der Waals surface area contributed by atoms with Gasteiger partial charge in [0.05, 0.1) is 13.2 Å². The minimum Gasteiger partial charge on any atom is -0.424 e. The smallest absolute Gasteiger partial charge is 0.424 e. The predicted octanol–water partition coefficient (Wildman–Crippen LogP) is 3.26. The number of aromatic amines is 1. The van der Waals surface area contributed by atoms with Crippen LogP contribution in [-0.2, 0) is 36.7 Å². The summed E-state index contributed by atoms with van der Waals surface area (Å²) in [7, 11) is -10.4. The molecule has 3 N–H and O–H groups in total. The summed E-state index contributed by atoms with van der Waals surface area (Å²) in [5, 5.41) is 0. The van der Waals surface area contributed by atoms with Crippen LogP contribution in [0.15, 0.2) is 82.5 Å². The largest absolute Gasteiger partial charge is 0.514 e. The zero-order chi connectivity index (χ0) is 33.3. The summed E-state index contributed by atoms with van der Waals surface area (Å²) in [6, 6.07) is 16.2. The minimum absolute atomic E-state index is 0.0487. The number of nitrogens with zero attached hydrogens (tertiary/aromatic N) is 1. The van der Waals surface area contributed by atoms with E-state index in [0.29, 0.717) is 0 Å². The summed E-state index contributed by atoms with van der Waals surface area (Å²) < 4.78 is 65.9. The normalized spacial score (nSPS) is 21.8. The van der Waals surface area contributed by atoms with Crippen LogP contribution >= 0.6 is 15.6 Å². The summed E-state index contributed by atoms with van der Waals surface area (Å²) in [5.74, 6) is 0.106. The highest BCUT2D eigenvalue weighted by molar-refractivity contribution is 7.61. The van der Waals surface area contributed by atoms with Crippen LogP contribution in [-0.4, -0.2) is 63.2 Å². The molecule has 1 fully saturated rings. The van der Waals surface area contributed by atoms with Gasteiger partial charge in [-0.1, -0.05) is 43.3 Å². The first-order valence-corrected chi connectivity index (χ1v) is 16.3. The zero-order valence-corrected chi connectivity index (χ0v) is 25.6. The molecule has 18 nitrogen and oxygen atoms in total. The highest BCUT2D eigenvalue weighted by atomic mass is 31.3. The van der Waals surface area contributed by atoms with Crippen LogP contribution in [0.25, 0.3) is 0 Å². The third kappa shape index (κ3) is 9.94. The molecule has 0 spiro atoms. The highest BCUT2D eigenvalue weighted by Gasteiger charge is 2.52. The van der Waals surface area contributed by atoms with Crippen molar-refractivity contribution >= 4 is 28.0 Å². The fourth-order valence-corrected chi connectivity index (χ4v) is 6.12. The Morgan fingerprint density at radius 2 is 1.39 bits per heavy atom. The maximum atomic E-state index is 12.8. The van der Waals surface area contributed by atoms with Crippen LogP contribution in [0.5, 0.6) is 11.5 Å². The third-order valence-electron chi connectivity index (χ3n) is 5.83. The van der Waals surface area contributed by atoms with E-state index < -0.39 is 70.4 Å². The molecule has 20 heteroatoms. The van der Waals surface area contributed by atoms with Crippen molar-refractivity contribution in [2.75, 3.05) is 13.2 Å². The van der Waals surface area contributed by atoms with E-state index in [9.17, 15) is 38.1 Å². The molecule has 1 aliphatic heterocycles. The summed E-state index contributed by atoms with van der Waals surface area (Å²) in [6.07, 6.45) is -8.29. The molecule has 4 rings (SSSR count). The van der Waals surface area contributed by atoms with Crippen molar-refractivity contribution in [1.82, 2.24) is 9.55 Å². The first kappa shape index (κ1) is 34.7. The Morgan fingerprint density at radius 3 is 1.93 bits per heavy atom. The van der Waals surface area contributed by atoms with Crippen LogP contribution in [0.1, 0.15) is 19.6 Å². The van der Waals surface area contributed by atoms with Crippen molar-refractivity contribution < 1.29 is 65.5 Å². The molecule has 6 atom stereocenters. The lowest BCUT2D eigenvalue weighted by atomic mass is 10.1. The Kier molecular flexibility index (Phi) is 11.7. The molecule has 3 unspecified atom stereocenters. The van der Waals surface area contributed by atoms with E-state index >= 15 is 0 Å². The molecular formula is C26H28N2O16P2. The molecule has 0 aliphatic carbocycles. The second kappa shape index (κ2) is 15.4. The van der Waals surface area contributed by atoms with Crippen molar-refractivity contribution in [1.29, 1.82) is 0 Å². The van der Waals surface area contributed by atoms with Gasteiger partial charge in [-0.3, -0.25) is 23.4 Å². The summed E-state index contributed by atoms with van der Waals surface area (Å²) in [6.45, 7) is 0.299. The van der Waals surface area contributed by atoms with Gasteiger partial charge >= 0.3 is 33.6 Å². The monoisotopic (exact) mass is 686 g/mol. The molecule has 1 saturated heterocycles. The van der Waals surface area contributed by atoms with Gasteiger partial charge in [0.15, 0.2) is 18.4 Å². The standard InChI is InChI=1S/C26H28N2O16P2/c1-2-15-37-45(33,34)44-46(35,36)38-16-19-21(42-25(31)39-17-9-5-3-6-10-17)22(43-26(32)40-18-11-7-4-8-12-18)23(41-19)28-14-13-20(29)27-24(28)30/h3-14,19,21-23H,2,15-16H2,1H3,(H,33,34)(H,35,36)(H,27,29,30)/t19-,21?,22+,23-/m1/s1. The molecule has 0 bridgehead atoms. The van der Waals surface area contributed by atoms with Crippen LogP contribution in [0, 0.1) is 0 Å². The number of phosphoric ester groups is 2. The fraction of sp³-hybridized carbons (Fsp3) is 0.308. The van der Waals surface area contributed by atoms with E-state index in [0.717, 1.165) is 16.8 Å².